The maximum atomic E-state index is 10.4. The summed E-state index contributed by atoms with van der Waals surface area (Å²) in [6.07, 6.45) is 3.77. The molecule has 1 saturated heterocycles. The van der Waals surface area contributed by atoms with Crippen LogP contribution < -0.4 is 0 Å². The summed E-state index contributed by atoms with van der Waals surface area (Å²) in [5.74, 6) is 1.83. The molecule has 1 aliphatic heterocycles. The third-order valence-corrected chi connectivity index (χ3v) is 5.48. The molecule has 2 rings (SSSR count). The van der Waals surface area contributed by atoms with Crippen molar-refractivity contribution in [1.29, 1.82) is 0 Å². The summed E-state index contributed by atoms with van der Waals surface area (Å²) in [5.41, 5.74) is 0. The summed E-state index contributed by atoms with van der Waals surface area (Å²) in [5, 5.41) is 20.4. The molecule has 2 aliphatic rings. The molecule has 0 spiro atoms. The number of hydrogen-bond acceptors (Lipinski definition) is 4. The molecule has 0 radical (unpaired) electrons. The maximum Gasteiger partial charge on any atom is 0.0682 e. The highest BCUT2D eigenvalue weighted by Gasteiger charge is 2.36. The lowest BCUT2D eigenvalue weighted by Crippen LogP contribution is -2.44. The highest BCUT2D eigenvalue weighted by Crippen LogP contribution is 2.35. The number of rotatable bonds is 5. The van der Waals surface area contributed by atoms with Gasteiger partial charge >= 0.3 is 0 Å². The maximum absolute atomic E-state index is 10.4. The van der Waals surface area contributed by atoms with Crippen LogP contribution >= 0.6 is 0 Å². The summed E-state index contributed by atoms with van der Waals surface area (Å²) in [6.45, 7) is 7.31. The molecule has 1 heterocycles. The first-order valence-electron chi connectivity index (χ1n) is 8.61. The van der Waals surface area contributed by atoms with Crippen LogP contribution in [0.2, 0.25) is 0 Å². The normalized spacial score (nSPS) is 38.6. The summed E-state index contributed by atoms with van der Waals surface area (Å²) >= 11 is 0. The van der Waals surface area contributed by atoms with Crippen molar-refractivity contribution >= 4 is 0 Å². The summed E-state index contributed by atoms with van der Waals surface area (Å²) in [7, 11) is 4.18. The van der Waals surface area contributed by atoms with Crippen LogP contribution in [-0.4, -0.2) is 72.0 Å². The molecule has 5 unspecified atom stereocenters. The molecule has 1 aliphatic carbocycles. The first-order valence-corrected chi connectivity index (χ1v) is 8.61. The Morgan fingerprint density at radius 2 is 1.86 bits per heavy atom. The minimum atomic E-state index is -0.198. The molecule has 4 heteroatoms. The van der Waals surface area contributed by atoms with Crippen LogP contribution in [0.4, 0.5) is 0 Å². The van der Waals surface area contributed by atoms with Crippen LogP contribution in [0.5, 0.6) is 0 Å². The first kappa shape index (κ1) is 17.2. The van der Waals surface area contributed by atoms with E-state index in [1.807, 2.05) is 0 Å². The predicted molar refractivity (Wildman–Crippen MR) is 86.2 cm³/mol. The van der Waals surface area contributed by atoms with E-state index < -0.39 is 0 Å². The average molecular weight is 298 g/mol. The fourth-order valence-electron chi connectivity index (χ4n) is 4.18. The van der Waals surface area contributed by atoms with Gasteiger partial charge in [-0.1, -0.05) is 13.8 Å². The second-order valence-electron chi connectivity index (χ2n) is 7.90. The molecule has 124 valence electrons. The Bertz CT molecular complexity index is 322. The second kappa shape index (κ2) is 7.40. The molecule has 5 atom stereocenters. The van der Waals surface area contributed by atoms with E-state index in [0.29, 0.717) is 17.9 Å². The van der Waals surface area contributed by atoms with Gasteiger partial charge in [-0.2, -0.15) is 0 Å². The minimum absolute atomic E-state index is 0.155. The van der Waals surface area contributed by atoms with E-state index in [1.54, 1.807) is 0 Å². The fraction of sp³-hybridized carbons (Fsp3) is 1.00. The van der Waals surface area contributed by atoms with Gasteiger partial charge < -0.3 is 15.1 Å². The molecule has 0 aromatic rings. The zero-order chi connectivity index (χ0) is 15.6. The minimum Gasteiger partial charge on any atom is -0.393 e. The Morgan fingerprint density at radius 3 is 2.48 bits per heavy atom. The van der Waals surface area contributed by atoms with E-state index in [2.05, 4.69) is 37.7 Å². The van der Waals surface area contributed by atoms with Gasteiger partial charge in [0.05, 0.1) is 12.2 Å². The van der Waals surface area contributed by atoms with Gasteiger partial charge in [0.1, 0.15) is 0 Å². The van der Waals surface area contributed by atoms with Crippen LogP contribution in [0.15, 0.2) is 0 Å². The highest BCUT2D eigenvalue weighted by molar-refractivity contribution is 4.90. The van der Waals surface area contributed by atoms with E-state index in [-0.39, 0.29) is 12.2 Å². The smallest absolute Gasteiger partial charge is 0.0682 e. The molecule has 1 saturated carbocycles. The Hall–Kier alpha value is -0.160. The summed E-state index contributed by atoms with van der Waals surface area (Å²) < 4.78 is 0. The molecule has 0 amide bonds. The van der Waals surface area contributed by atoms with Crippen molar-refractivity contribution in [2.24, 2.45) is 17.8 Å². The van der Waals surface area contributed by atoms with Crippen molar-refractivity contribution in [3.8, 4) is 0 Å². The van der Waals surface area contributed by atoms with E-state index in [1.165, 1.54) is 6.42 Å². The van der Waals surface area contributed by atoms with Gasteiger partial charge in [-0.25, -0.2) is 0 Å². The van der Waals surface area contributed by atoms with Gasteiger partial charge in [0, 0.05) is 25.7 Å². The molecular formula is C17H34N2O2. The quantitative estimate of drug-likeness (QED) is 0.806. The highest BCUT2D eigenvalue weighted by atomic mass is 16.3. The molecule has 21 heavy (non-hydrogen) atoms. The summed E-state index contributed by atoms with van der Waals surface area (Å²) in [6, 6.07) is 0.432. The average Bonchev–Trinajstić information content (AvgIpc) is 2.71. The zero-order valence-electron chi connectivity index (χ0n) is 14.2. The van der Waals surface area contributed by atoms with Gasteiger partial charge in [-0.05, 0) is 57.5 Å². The van der Waals surface area contributed by atoms with Gasteiger partial charge in [0.25, 0.3) is 0 Å². The van der Waals surface area contributed by atoms with Crippen molar-refractivity contribution in [3.05, 3.63) is 0 Å². The SMILES string of the molecule is CC(C)C1CCC(O)C(CN2CC(O)CC2CN(C)C)C1. The topological polar surface area (TPSA) is 46.9 Å². The van der Waals surface area contributed by atoms with Crippen molar-refractivity contribution in [2.45, 2.75) is 57.8 Å². The lowest BCUT2D eigenvalue weighted by Gasteiger charge is -2.38. The Morgan fingerprint density at radius 1 is 1.14 bits per heavy atom. The first-order chi connectivity index (χ1) is 9.86. The Labute approximate surface area is 130 Å². The monoisotopic (exact) mass is 298 g/mol. The van der Waals surface area contributed by atoms with E-state index in [0.717, 1.165) is 44.8 Å². The van der Waals surface area contributed by atoms with Crippen LogP contribution in [0.1, 0.15) is 39.5 Å². The van der Waals surface area contributed by atoms with Gasteiger partial charge in [0.15, 0.2) is 0 Å². The van der Waals surface area contributed by atoms with Crippen LogP contribution in [-0.2, 0) is 0 Å². The largest absolute Gasteiger partial charge is 0.393 e. The van der Waals surface area contributed by atoms with Gasteiger partial charge in [-0.3, -0.25) is 4.90 Å². The van der Waals surface area contributed by atoms with E-state index in [4.69, 9.17) is 0 Å². The molecule has 2 N–H and O–H groups in total. The summed E-state index contributed by atoms with van der Waals surface area (Å²) in [4.78, 5) is 4.62. The van der Waals surface area contributed by atoms with Crippen LogP contribution in [0.3, 0.4) is 0 Å². The standard InChI is InChI=1S/C17H34N2O2/c1-12(2)13-5-6-17(21)14(7-13)9-19-11-16(20)8-15(19)10-18(3)4/h12-17,20-21H,5-11H2,1-4H3. The van der Waals surface area contributed by atoms with Crippen LogP contribution in [0.25, 0.3) is 0 Å². The van der Waals surface area contributed by atoms with Crippen molar-refractivity contribution in [1.82, 2.24) is 9.80 Å². The van der Waals surface area contributed by atoms with Crippen LogP contribution in [0, 0.1) is 17.8 Å². The Balaban J connectivity index is 1.94. The number of nitrogens with zero attached hydrogens (tertiary/aromatic N) is 2. The van der Waals surface area contributed by atoms with Gasteiger partial charge in [-0.15, -0.1) is 0 Å². The predicted octanol–water partition coefficient (Wildman–Crippen LogP) is 1.42. The van der Waals surface area contributed by atoms with Gasteiger partial charge in [0.2, 0.25) is 0 Å². The fourth-order valence-corrected chi connectivity index (χ4v) is 4.18. The van der Waals surface area contributed by atoms with E-state index >= 15 is 0 Å². The zero-order valence-corrected chi connectivity index (χ0v) is 14.2. The number of likely N-dealkylation sites (tertiary alicyclic amines) is 1. The number of β-amino-alcohol motifs (C(OH)–C–C–N with tert-alkyl or cyclic N) is 1. The third kappa shape index (κ3) is 4.65. The molecule has 4 nitrogen and oxygen atoms in total. The van der Waals surface area contributed by atoms with E-state index in [9.17, 15) is 10.2 Å². The molecule has 0 bridgehead atoms. The number of aliphatic hydroxyl groups excluding tert-OH is 2. The lowest BCUT2D eigenvalue weighted by atomic mass is 9.74. The number of aliphatic hydroxyl groups is 2. The second-order valence-corrected chi connectivity index (χ2v) is 7.90. The van der Waals surface area contributed by atoms with Crippen molar-refractivity contribution in [2.75, 3.05) is 33.7 Å². The van der Waals surface area contributed by atoms with Crippen molar-refractivity contribution < 1.29 is 10.2 Å². The Kier molecular flexibility index (Phi) is 6.06. The molecule has 0 aromatic carbocycles. The van der Waals surface area contributed by atoms with Crippen molar-refractivity contribution in [3.63, 3.8) is 0 Å². The lowest BCUT2D eigenvalue weighted by molar-refractivity contribution is 0.0136. The molecule has 2 fully saturated rings. The number of likely N-dealkylation sites (N-methyl/N-ethyl adjacent to an activating group) is 1. The molecular weight excluding hydrogens is 264 g/mol. The third-order valence-electron chi connectivity index (χ3n) is 5.48. The number of hydrogen-bond donors (Lipinski definition) is 2. The molecule has 0 aromatic heterocycles.